The van der Waals surface area contributed by atoms with Crippen molar-refractivity contribution in [2.24, 2.45) is 5.73 Å². The Morgan fingerprint density at radius 1 is 1.11 bits per heavy atom. The van der Waals surface area contributed by atoms with Crippen LogP contribution >= 0.6 is 0 Å². The fourth-order valence-electron chi connectivity index (χ4n) is 1.59. The molecule has 0 bridgehead atoms. The van der Waals surface area contributed by atoms with E-state index in [1.165, 1.54) is 0 Å². The van der Waals surface area contributed by atoms with Crippen LogP contribution in [-0.4, -0.2) is 41.3 Å². The lowest BCUT2D eigenvalue weighted by Gasteiger charge is -2.23. The highest BCUT2D eigenvalue weighted by Crippen LogP contribution is 2.19. The van der Waals surface area contributed by atoms with Crippen molar-refractivity contribution in [2.75, 3.05) is 28.7 Å². The van der Waals surface area contributed by atoms with E-state index in [-0.39, 0.29) is 6.54 Å². The Kier molecular flexibility index (Phi) is 5.33. The number of hydrogen-bond donors (Lipinski definition) is 1. The van der Waals surface area contributed by atoms with Crippen LogP contribution in [0.5, 0.6) is 0 Å². The van der Waals surface area contributed by atoms with Gasteiger partial charge in [-0.15, -0.1) is 0 Å². The molecule has 0 aromatic heterocycles. The second-order valence-electron chi connectivity index (χ2n) is 4.21. The zero-order valence-corrected chi connectivity index (χ0v) is 12.3. The Morgan fingerprint density at radius 2 is 1.68 bits per heavy atom. The van der Waals surface area contributed by atoms with Crippen molar-refractivity contribution in [1.82, 2.24) is 0 Å². The van der Waals surface area contributed by atoms with E-state index in [9.17, 15) is 16.8 Å². The van der Waals surface area contributed by atoms with Gasteiger partial charge in [0, 0.05) is 12.8 Å². The molecule has 1 aromatic rings. The van der Waals surface area contributed by atoms with Gasteiger partial charge in [-0.2, -0.15) is 0 Å². The maximum atomic E-state index is 12.2. The normalized spacial score (nSPS) is 12.3. The summed E-state index contributed by atoms with van der Waals surface area (Å²) >= 11 is 0. The lowest BCUT2D eigenvalue weighted by atomic mass is 10.3. The minimum Gasteiger partial charge on any atom is -0.330 e. The second-order valence-corrected chi connectivity index (χ2v) is 8.60. The van der Waals surface area contributed by atoms with Crippen molar-refractivity contribution in [3.8, 4) is 0 Å². The van der Waals surface area contributed by atoms with Gasteiger partial charge in [0.1, 0.15) is 0 Å². The number of anilines is 1. The monoisotopic (exact) mass is 306 g/mol. The smallest absolute Gasteiger partial charge is 0.249 e. The largest absolute Gasteiger partial charge is 0.330 e. The predicted octanol–water partition coefficient (Wildman–Crippen LogP) is 0.174. The van der Waals surface area contributed by atoms with Crippen molar-refractivity contribution in [1.29, 1.82) is 0 Å². The molecular weight excluding hydrogens is 288 g/mol. The molecule has 1 rings (SSSR count). The first-order valence-electron chi connectivity index (χ1n) is 5.69. The second kappa shape index (κ2) is 6.36. The Balaban J connectivity index is 3.11. The first-order chi connectivity index (χ1) is 8.76. The number of nitrogens with two attached hydrogens (primary N) is 1. The fourth-order valence-corrected chi connectivity index (χ4v) is 5.12. The lowest BCUT2D eigenvalue weighted by Crippen LogP contribution is -2.36. The molecular formula is C11H18N2O4S2. The predicted molar refractivity (Wildman–Crippen MR) is 76.1 cm³/mol. The van der Waals surface area contributed by atoms with Gasteiger partial charge in [-0.25, -0.2) is 16.8 Å². The number of hydrogen-bond acceptors (Lipinski definition) is 5. The Bertz CT molecular complexity index is 597. The van der Waals surface area contributed by atoms with E-state index in [2.05, 4.69) is 0 Å². The van der Waals surface area contributed by atoms with Gasteiger partial charge >= 0.3 is 0 Å². The zero-order valence-electron chi connectivity index (χ0n) is 10.7. The maximum absolute atomic E-state index is 12.2. The molecule has 0 saturated carbocycles. The first-order valence-corrected chi connectivity index (χ1v) is 9.36. The topological polar surface area (TPSA) is 97.5 Å². The number of sulfone groups is 1. The van der Waals surface area contributed by atoms with E-state index in [0.717, 1.165) is 10.6 Å². The average Bonchev–Trinajstić information content (AvgIpc) is 2.27. The van der Waals surface area contributed by atoms with E-state index < -0.39 is 24.9 Å². The molecule has 0 atom stereocenters. The molecule has 108 valence electrons. The first kappa shape index (κ1) is 15.9. The van der Waals surface area contributed by atoms with E-state index >= 15 is 0 Å². The standard InChI is InChI=1S/C11H18N2O4S2/c1-18(14,15)10-19(16,17)13(9-5-8-12)11-6-3-2-4-7-11/h2-4,6-7H,5,8-10,12H2,1H3. The minimum absolute atomic E-state index is 0.165. The van der Waals surface area contributed by atoms with Crippen LogP contribution in [0.2, 0.25) is 0 Å². The van der Waals surface area contributed by atoms with Crippen LogP contribution in [0.15, 0.2) is 30.3 Å². The highest BCUT2D eigenvalue weighted by molar-refractivity contribution is 8.08. The number of para-hydroxylation sites is 1. The third kappa shape index (κ3) is 5.17. The van der Waals surface area contributed by atoms with Crippen molar-refractivity contribution in [3.63, 3.8) is 0 Å². The van der Waals surface area contributed by atoms with Gasteiger partial charge in [-0.1, -0.05) is 18.2 Å². The summed E-state index contributed by atoms with van der Waals surface area (Å²) in [7, 11) is -7.54. The van der Waals surface area contributed by atoms with Crippen LogP contribution in [0, 0.1) is 0 Å². The number of benzene rings is 1. The summed E-state index contributed by atoms with van der Waals surface area (Å²) in [4.78, 5) is 0. The summed E-state index contributed by atoms with van der Waals surface area (Å²) < 4.78 is 47.9. The van der Waals surface area contributed by atoms with Gasteiger partial charge < -0.3 is 5.73 Å². The molecule has 0 unspecified atom stereocenters. The minimum atomic E-state index is -3.92. The van der Waals surface area contributed by atoms with Gasteiger partial charge in [-0.3, -0.25) is 4.31 Å². The highest BCUT2D eigenvalue weighted by atomic mass is 32.3. The molecule has 19 heavy (non-hydrogen) atoms. The molecule has 1 aromatic carbocycles. The summed E-state index contributed by atoms with van der Waals surface area (Å²) in [6, 6.07) is 8.39. The van der Waals surface area contributed by atoms with Crippen molar-refractivity contribution < 1.29 is 16.8 Å². The lowest BCUT2D eigenvalue weighted by molar-refractivity contribution is 0.587. The molecule has 0 saturated heterocycles. The van der Waals surface area contributed by atoms with Crippen LogP contribution in [-0.2, 0) is 19.9 Å². The molecule has 0 spiro atoms. The summed E-state index contributed by atoms with van der Waals surface area (Å²) in [6.45, 7) is 0.496. The average molecular weight is 306 g/mol. The Labute approximate surface area is 114 Å². The summed E-state index contributed by atoms with van der Waals surface area (Å²) in [6.07, 6.45) is 1.36. The van der Waals surface area contributed by atoms with Crippen LogP contribution in [0.1, 0.15) is 6.42 Å². The molecule has 8 heteroatoms. The third-order valence-electron chi connectivity index (χ3n) is 2.31. The molecule has 2 N–H and O–H groups in total. The van der Waals surface area contributed by atoms with Gasteiger partial charge in [0.05, 0.1) is 5.69 Å². The third-order valence-corrected chi connectivity index (χ3v) is 6.28. The maximum Gasteiger partial charge on any atom is 0.249 e. The van der Waals surface area contributed by atoms with Gasteiger partial charge in [0.2, 0.25) is 10.0 Å². The van der Waals surface area contributed by atoms with Crippen LogP contribution in [0.25, 0.3) is 0 Å². The molecule has 0 amide bonds. The molecule has 0 heterocycles. The Hall–Kier alpha value is -1.12. The van der Waals surface area contributed by atoms with Crippen molar-refractivity contribution in [3.05, 3.63) is 30.3 Å². The van der Waals surface area contributed by atoms with Crippen LogP contribution < -0.4 is 10.0 Å². The van der Waals surface area contributed by atoms with Crippen molar-refractivity contribution >= 4 is 25.5 Å². The van der Waals surface area contributed by atoms with Crippen molar-refractivity contribution in [2.45, 2.75) is 6.42 Å². The SMILES string of the molecule is CS(=O)(=O)CS(=O)(=O)N(CCCN)c1ccccc1. The quantitative estimate of drug-likeness (QED) is 0.774. The van der Waals surface area contributed by atoms with Gasteiger partial charge in [0.25, 0.3) is 0 Å². The van der Waals surface area contributed by atoms with E-state index in [0.29, 0.717) is 18.7 Å². The molecule has 0 fully saturated rings. The molecule has 6 nitrogen and oxygen atoms in total. The highest BCUT2D eigenvalue weighted by Gasteiger charge is 2.26. The Morgan fingerprint density at radius 3 is 2.16 bits per heavy atom. The molecule has 0 aliphatic rings. The number of nitrogens with zero attached hydrogens (tertiary/aromatic N) is 1. The van der Waals surface area contributed by atoms with Crippen LogP contribution in [0.3, 0.4) is 0 Å². The molecule has 0 aliphatic heterocycles. The molecule has 0 radical (unpaired) electrons. The summed E-state index contributed by atoms with van der Waals surface area (Å²) in [5.41, 5.74) is 5.83. The number of rotatable bonds is 7. The van der Waals surface area contributed by atoms with Gasteiger partial charge in [0.15, 0.2) is 14.9 Å². The summed E-state index contributed by atoms with van der Waals surface area (Å²) in [5, 5.41) is -0.903. The van der Waals surface area contributed by atoms with E-state index in [1.54, 1.807) is 30.3 Å². The molecule has 0 aliphatic carbocycles. The van der Waals surface area contributed by atoms with Gasteiger partial charge in [-0.05, 0) is 25.1 Å². The van der Waals surface area contributed by atoms with Crippen LogP contribution in [0.4, 0.5) is 5.69 Å². The fraction of sp³-hybridized carbons (Fsp3) is 0.455. The zero-order chi connectivity index (χ0) is 14.5. The van der Waals surface area contributed by atoms with E-state index in [1.807, 2.05) is 0 Å². The number of sulfonamides is 1. The van der Waals surface area contributed by atoms with E-state index in [4.69, 9.17) is 5.73 Å². The summed E-state index contributed by atoms with van der Waals surface area (Å²) in [5.74, 6) is 0.